The highest BCUT2D eigenvalue weighted by molar-refractivity contribution is 7.12. The molecule has 0 saturated carbocycles. The molecule has 1 heterocycles. The van der Waals surface area contributed by atoms with Crippen LogP contribution in [0.15, 0.2) is 41.8 Å². The lowest BCUT2D eigenvalue weighted by Gasteiger charge is -2.08. The summed E-state index contributed by atoms with van der Waals surface area (Å²) in [5.74, 6) is -0.775. The quantitative estimate of drug-likeness (QED) is 0.636. The molecule has 1 aromatic carbocycles. The minimum Gasteiger partial charge on any atom is -0.462 e. The first-order chi connectivity index (χ1) is 9.22. The number of carbonyl (C=O) groups is 2. The summed E-state index contributed by atoms with van der Waals surface area (Å²) < 4.78 is 10.1. The van der Waals surface area contributed by atoms with E-state index >= 15 is 0 Å². The van der Waals surface area contributed by atoms with Crippen molar-refractivity contribution in [3.8, 4) is 5.75 Å². The monoisotopic (exact) mass is 276 g/mol. The Labute approximate surface area is 114 Å². The Morgan fingerprint density at radius 2 is 1.89 bits per heavy atom. The number of thiophene rings is 1. The van der Waals surface area contributed by atoms with Crippen LogP contribution in [0.3, 0.4) is 0 Å². The molecule has 0 fully saturated rings. The van der Waals surface area contributed by atoms with Crippen LogP contribution in [0.2, 0.25) is 0 Å². The standard InChI is InChI=1S/C14H12O4S/c1-2-17-13(15)10-6-3-4-7-11(10)18-14(16)12-8-5-9-19-12/h3-9H,2H2,1H3. The molecule has 2 aromatic rings. The second-order valence-corrected chi connectivity index (χ2v) is 4.53. The van der Waals surface area contributed by atoms with Gasteiger partial charge in [-0.15, -0.1) is 11.3 Å². The van der Waals surface area contributed by atoms with Crippen LogP contribution in [0, 0.1) is 0 Å². The van der Waals surface area contributed by atoms with E-state index in [0.29, 0.717) is 4.88 Å². The van der Waals surface area contributed by atoms with Gasteiger partial charge in [0.1, 0.15) is 16.2 Å². The Kier molecular flexibility index (Phi) is 4.30. The Hall–Kier alpha value is -2.14. The normalized spacial score (nSPS) is 9.95. The van der Waals surface area contributed by atoms with Crippen LogP contribution in [-0.2, 0) is 4.74 Å². The zero-order valence-electron chi connectivity index (χ0n) is 10.3. The molecule has 98 valence electrons. The molecule has 2 rings (SSSR count). The summed E-state index contributed by atoms with van der Waals surface area (Å²) >= 11 is 1.28. The number of ether oxygens (including phenoxy) is 2. The van der Waals surface area contributed by atoms with Crippen molar-refractivity contribution in [2.45, 2.75) is 6.92 Å². The van der Waals surface area contributed by atoms with Crippen LogP contribution in [0.1, 0.15) is 27.0 Å². The molecule has 0 unspecified atom stereocenters. The largest absolute Gasteiger partial charge is 0.462 e. The van der Waals surface area contributed by atoms with Gasteiger partial charge in [0, 0.05) is 0 Å². The first-order valence-corrected chi connectivity index (χ1v) is 6.62. The smallest absolute Gasteiger partial charge is 0.353 e. The molecule has 0 aliphatic rings. The van der Waals surface area contributed by atoms with E-state index in [4.69, 9.17) is 9.47 Å². The summed E-state index contributed by atoms with van der Waals surface area (Å²) in [5, 5.41) is 1.79. The highest BCUT2D eigenvalue weighted by Crippen LogP contribution is 2.21. The van der Waals surface area contributed by atoms with E-state index in [2.05, 4.69) is 0 Å². The van der Waals surface area contributed by atoms with Crippen molar-refractivity contribution in [1.82, 2.24) is 0 Å². The van der Waals surface area contributed by atoms with E-state index in [1.165, 1.54) is 11.3 Å². The van der Waals surface area contributed by atoms with Crippen molar-refractivity contribution in [2.75, 3.05) is 6.61 Å². The van der Waals surface area contributed by atoms with E-state index in [0.717, 1.165) is 0 Å². The van der Waals surface area contributed by atoms with E-state index in [-0.39, 0.29) is 17.9 Å². The number of carbonyl (C=O) groups excluding carboxylic acids is 2. The van der Waals surface area contributed by atoms with Gasteiger partial charge in [-0.2, -0.15) is 0 Å². The molecule has 19 heavy (non-hydrogen) atoms. The molecule has 0 aliphatic carbocycles. The summed E-state index contributed by atoms with van der Waals surface area (Å²) in [5.41, 5.74) is 0.245. The minimum absolute atomic E-state index is 0.208. The van der Waals surface area contributed by atoms with Crippen LogP contribution < -0.4 is 4.74 Å². The van der Waals surface area contributed by atoms with Gasteiger partial charge < -0.3 is 9.47 Å². The van der Waals surface area contributed by atoms with E-state index in [9.17, 15) is 9.59 Å². The van der Waals surface area contributed by atoms with Crippen molar-refractivity contribution in [3.05, 3.63) is 52.2 Å². The highest BCUT2D eigenvalue weighted by Gasteiger charge is 2.17. The molecule has 0 saturated heterocycles. The minimum atomic E-state index is -0.503. The van der Waals surface area contributed by atoms with E-state index < -0.39 is 11.9 Å². The SMILES string of the molecule is CCOC(=O)c1ccccc1OC(=O)c1cccs1. The fourth-order valence-corrected chi connectivity index (χ4v) is 2.08. The first kappa shape index (κ1) is 13.3. The molecule has 0 atom stereocenters. The van der Waals surface area contributed by atoms with Gasteiger partial charge in [0.2, 0.25) is 0 Å². The summed E-state index contributed by atoms with van der Waals surface area (Å²) in [6.07, 6.45) is 0. The molecule has 0 bridgehead atoms. The van der Waals surface area contributed by atoms with Gasteiger partial charge in [0.15, 0.2) is 0 Å². The fraction of sp³-hybridized carbons (Fsp3) is 0.143. The van der Waals surface area contributed by atoms with Crippen LogP contribution >= 0.6 is 11.3 Å². The highest BCUT2D eigenvalue weighted by atomic mass is 32.1. The van der Waals surface area contributed by atoms with Crippen LogP contribution in [0.5, 0.6) is 5.75 Å². The van der Waals surface area contributed by atoms with Crippen molar-refractivity contribution in [3.63, 3.8) is 0 Å². The van der Waals surface area contributed by atoms with Crippen molar-refractivity contribution < 1.29 is 19.1 Å². The summed E-state index contributed by atoms with van der Waals surface area (Å²) in [4.78, 5) is 24.1. The van der Waals surface area contributed by atoms with Crippen molar-refractivity contribution >= 4 is 23.3 Å². The fourth-order valence-electron chi connectivity index (χ4n) is 1.48. The zero-order chi connectivity index (χ0) is 13.7. The Balaban J connectivity index is 2.21. The molecule has 0 aliphatic heterocycles. The van der Waals surface area contributed by atoms with Crippen LogP contribution in [0.25, 0.3) is 0 Å². The van der Waals surface area contributed by atoms with Gasteiger partial charge in [-0.3, -0.25) is 0 Å². The maximum atomic E-state index is 11.8. The average Bonchev–Trinajstić information content (AvgIpc) is 2.93. The number of hydrogen-bond donors (Lipinski definition) is 0. The van der Waals surface area contributed by atoms with Gasteiger partial charge in [-0.1, -0.05) is 18.2 Å². The van der Waals surface area contributed by atoms with Gasteiger partial charge in [-0.25, -0.2) is 9.59 Å². The predicted molar refractivity (Wildman–Crippen MR) is 71.7 cm³/mol. The predicted octanol–water partition coefficient (Wildman–Crippen LogP) is 3.14. The van der Waals surface area contributed by atoms with Crippen molar-refractivity contribution in [2.24, 2.45) is 0 Å². The Morgan fingerprint density at radius 3 is 2.58 bits per heavy atom. The van der Waals surface area contributed by atoms with Gasteiger partial charge in [0.25, 0.3) is 0 Å². The number of benzene rings is 1. The van der Waals surface area contributed by atoms with Crippen LogP contribution in [0.4, 0.5) is 0 Å². The maximum absolute atomic E-state index is 11.8. The maximum Gasteiger partial charge on any atom is 0.353 e. The lowest BCUT2D eigenvalue weighted by atomic mass is 10.2. The molecule has 0 N–H and O–H groups in total. The van der Waals surface area contributed by atoms with Gasteiger partial charge in [0.05, 0.1) is 6.61 Å². The number of esters is 2. The van der Waals surface area contributed by atoms with Gasteiger partial charge in [-0.05, 0) is 30.5 Å². The second kappa shape index (κ2) is 6.15. The molecule has 1 aromatic heterocycles. The molecular formula is C14H12O4S. The summed E-state index contributed by atoms with van der Waals surface area (Å²) in [6, 6.07) is 9.94. The Morgan fingerprint density at radius 1 is 1.11 bits per heavy atom. The number of para-hydroxylation sites is 1. The summed E-state index contributed by atoms with van der Waals surface area (Å²) in [6.45, 7) is 1.99. The number of rotatable bonds is 4. The molecule has 4 nitrogen and oxygen atoms in total. The Bertz CT molecular complexity index is 575. The average molecular weight is 276 g/mol. The third-order valence-corrected chi connectivity index (χ3v) is 3.16. The molecular weight excluding hydrogens is 264 g/mol. The first-order valence-electron chi connectivity index (χ1n) is 5.74. The second-order valence-electron chi connectivity index (χ2n) is 3.58. The third kappa shape index (κ3) is 3.20. The number of hydrogen-bond acceptors (Lipinski definition) is 5. The lowest BCUT2D eigenvalue weighted by Crippen LogP contribution is -2.12. The molecule has 0 radical (unpaired) electrons. The molecule has 0 spiro atoms. The van der Waals surface area contributed by atoms with E-state index in [1.54, 1.807) is 48.7 Å². The topological polar surface area (TPSA) is 52.6 Å². The van der Waals surface area contributed by atoms with Gasteiger partial charge >= 0.3 is 11.9 Å². The van der Waals surface area contributed by atoms with E-state index in [1.807, 2.05) is 0 Å². The zero-order valence-corrected chi connectivity index (χ0v) is 11.1. The molecule has 0 amide bonds. The van der Waals surface area contributed by atoms with Crippen molar-refractivity contribution in [1.29, 1.82) is 0 Å². The van der Waals surface area contributed by atoms with Crippen LogP contribution in [-0.4, -0.2) is 18.5 Å². The summed E-state index contributed by atoms with van der Waals surface area (Å²) in [7, 11) is 0. The molecule has 5 heteroatoms. The lowest BCUT2D eigenvalue weighted by molar-refractivity contribution is 0.0520. The third-order valence-electron chi connectivity index (χ3n) is 2.31.